The van der Waals surface area contributed by atoms with Crippen LogP contribution in [0, 0.1) is 0 Å². The smallest absolute Gasteiger partial charge is 0.0561 e. The molecule has 7 heavy (non-hydrogen) atoms. The average Bonchev–Trinajstić information content (AvgIpc) is 1.87. The SMILES string of the molecule is CC1=CSC(=S)C1. The number of thiocarbonyl (C=S) groups is 1. The van der Waals surface area contributed by atoms with E-state index in [2.05, 4.69) is 12.3 Å². The fraction of sp³-hybridized carbons (Fsp3) is 0.400. The van der Waals surface area contributed by atoms with Crippen LogP contribution in [0.1, 0.15) is 13.3 Å². The zero-order chi connectivity index (χ0) is 5.28. The van der Waals surface area contributed by atoms with Crippen molar-refractivity contribution in [2.24, 2.45) is 0 Å². The Morgan fingerprint density at radius 1 is 1.86 bits per heavy atom. The summed E-state index contributed by atoms with van der Waals surface area (Å²) >= 11 is 6.58. The molecule has 0 saturated heterocycles. The van der Waals surface area contributed by atoms with Crippen LogP contribution >= 0.6 is 24.0 Å². The van der Waals surface area contributed by atoms with Crippen molar-refractivity contribution in [2.45, 2.75) is 13.3 Å². The molecule has 0 unspecified atom stereocenters. The highest BCUT2D eigenvalue weighted by Gasteiger charge is 2.03. The first-order valence-electron chi connectivity index (χ1n) is 2.14. The second kappa shape index (κ2) is 1.97. The summed E-state index contributed by atoms with van der Waals surface area (Å²) in [5.41, 5.74) is 1.40. The lowest BCUT2D eigenvalue weighted by molar-refractivity contribution is 1.33. The van der Waals surface area contributed by atoms with Crippen LogP contribution in [-0.2, 0) is 0 Å². The molecule has 0 bridgehead atoms. The molecule has 0 aliphatic carbocycles. The Morgan fingerprint density at radius 3 is 2.71 bits per heavy atom. The summed E-state index contributed by atoms with van der Waals surface area (Å²) in [5, 5.41) is 2.11. The molecule has 1 heterocycles. The molecule has 0 amide bonds. The van der Waals surface area contributed by atoms with Crippen LogP contribution in [0.15, 0.2) is 11.0 Å². The van der Waals surface area contributed by atoms with E-state index in [-0.39, 0.29) is 0 Å². The van der Waals surface area contributed by atoms with Gasteiger partial charge in [0.05, 0.1) is 4.20 Å². The van der Waals surface area contributed by atoms with Gasteiger partial charge in [-0.2, -0.15) is 0 Å². The van der Waals surface area contributed by atoms with Gasteiger partial charge in [0.15, 0.2) is 0 Å². The van der Waals surface area contributed by atoms with E-state index in [4.69, 9.17) is 12.2 Å². The maximum atomic E-state index is 4.91. The molecular formula is C5H6S2. The summed E-state index contributed by atoms with van der Waals surface area (Å²) in [7, 11) is 0. The van der Waals surface area contributed by atoms with Crippen LogP contribution in [0.25, 0.3) is 0 Å². The lowest BCUT2D eigenvalue weighted by Crippen LogP contribution is -1.75. The van der Waals surface area contributed by atoms with Gasteiger partial charge in [-0.15, -0.1) is 0 Å². The first-order chi connectivity index (χ1) is 3.29. The number of thioether (sulfide) groups is 1. The summed E-state index contributed by atoms with van der Waals surface area (Å²) in [6.07, 6.45) is 1.03. The van der Waals surface area contributed by atoms with E-state index in [9.17, 15) is 0 Å². The minimum absolute atomic E-state index is 1.03. The summed E-state index contributed by atoms with van der Waals surface area (Å²) in [6.45, 7) is 2.10. The van der Waals surface area contributed by atoms with Crippen LogP contribution in [0.5, 0.6) is 0 Å². The third-order valence-electron chi connectivity index (χ3n) is 0.815. The molecule has 0 aromatic carbocycles. The van der Waals surface area contributed by atoms with Crippen molar-refractivity contribution in [2.75, 3.05) is 0 Å². The highest BCUT2D eigenvalue weighted by atomic mass is 32.2. The molecule has 1 aliphatic rings. The van der Waals surface area contributed by atoms with E-state index in [1.165, 1.54) is 5.57 Å². The molecule has 38 valence electrons. The Bertz CT molecular complexity index is 124. The lowest BCUT2D eigenvalue weighted by atomic mass is 10.3. The third-order valence-corrected chi connectivity index (χ3v) is 2.18. The van der Waals surface area contributed by atoms with Crippen molar-refractivity contribution in [3.05, 3.63) is 11.0 Å². The molecule has 0 radical (unpaired) electrons. The number of hydrogen-bond acceptors (Lipinski definition) is 2. The fourth-order valence-electron chi connectivity index (χ4n) is 0.477. The van der Waals surface area contributed by atoms with E-state index >= 15 is 0 Å². The van der Waals surface area contributed by atoms with Gasteiger partial charge in [-0.05, 0) is 12.3 Å². The highest BCUT2D eigenvalue weighted by Crippen LogP contribution is 2.23. The van der Waals surface area contributed by atoms with Gasteiger partial charge in [-0.1, -0.05) is 29.6 Å². The van der Waals surface area contributed by atoms with Crippen molar-refractivity contribution in [3.8, 4) is 0 Å². The number of hydrogen-bond donors (Lipinski definition) is 0. The Balaban J connectivity index is 2.58. The van der Waals surface area contributed by atoms with E-state index in [1.807, 2.05) is 0 Å². The molecule has 1 aliphatic heterocycles. The summed E-state index contributed by atoms with van der Waals surface area (Å²) in [4.78, 5) is 0. The second-order valence-electron chi connectivity index (χ2n) is 1.63. The van der Waals surface area contributed by atoms with E-state index in [1.54, 1.807) is 11.8 Å². The van der Waals surface area contributed by atoms with Gasteiger partial charge in [-0.3, -0.25) is 0 Å². The van der Waals surface area contributed by atoms with E-state index in [0.29, 0.717) is 0 Å². The van der Waals surface area contributed by atoms with Crippen LogP contribution in [0.4, 0.5) is 0 Å². The first kappa shape index (κ1) is 5.32. The van der Waals surface area contributed by atoms with Crippen molar-refractivity contribution in [1.82, 2.24) is 0 Å². The topological polar surface area (TPSA) is 0 Å². The predicted octanol–water partition coefficient (Wildman–Crippen LogP) is 2.35. The normalized spacial score (nSPS) is 20.1. The van der Waals surface area contributed by atoms with Crippen molar-refractivity contribution in [3.63, 3.8) is 0 Å². The van der Waals surface area contributed by atoms with Crippen molar-refractivity contribution >= 4 is 28.2 Å². The summed E-state index contributed by atoms with van der Waals surface area (Å²) < 4.78 is 1.11. The van der Waals surface area contributed by atoms with Gasteiger partial charge in [0, 0.05) is 6.42 Å². The predicted molar refractivity (Wildman–Crippen MR) is 38.6 cm³/mol. The maximum absolute atomic E-state index is 4.91. The monoisotopic (exact) mass is 130 g/mol. The largest absolute Gasteiger partial charge is 0.0904 e. The minimum atomic E-state index is 1.03. The average molecular weight is 130 g/mol. The van der Waals surface area contributed by atoms with Crippen molar-refractivity contribution in [1.29, 1.82) is 0 Å². The maximum Gasteiger partial charge on any atom is 0.0561 e. The molecule has 1 rings (SSSR count). The molecule has 0 spiro atoms. The Kier molecular flexibility index (Phi) is 1.50. The van der Waals surface area contributed by atoms with Crippen molar-refractivity contribution < 1.29 is 0 Å². The zero-order valence-electron chi connectivity index (χ0n) is 4.10. The van der Waals surface area contributed by atoms with Crippen LogP contribution in [0.3, 0.4) is 0 Å². The van der Waals surface area contributed by atoms with Gasteiger partial charge >= 0.3 is 0 Å². The first-order valence-corrected chi connectivity index (χ1v) is 3.43. The number of allylic oxidation sites excluding steroid dienone is 1. The summed E-state index contributed by atoms with van der Waals surface area (Å²) in [5.74, 6) is 0. The third kappa shape index (κ3) is 1.28. The molecule has 0 fully saturated rings. The molecular weight excluding hydrogens is 124 g/mol. The molecule has 0 aromatic rings. The Hall–Kier alpha value is 0.180. The van der Waals surface area contributed by atoms with Crippen LogP contribution in [0.2, 0.25) is 0 Å². The Labute approximate surface area is 53.0 Å². The zero-order valence-corrected chi connectivity index (χ0v) is 5.73. The highest BCUT2D eigenvalue weighted by molar-refractivity contribution is 8.25. The minimum Gasteiger partial charge on any atom is -0.0904 e. The quantitative estimate of drug-likeness (QED) is 0.462. The fourth-order valence-corrected chi connectivity index (χ4v) is 1.58. The molecule has 0 N–H and O–H groups in total. The van der Waals surface area contributed by atoms with E-state index in [0.717, 1.165) is 10.6 Å². The van der Waals surface area contributed by atoms with Crippen LogP contribution < -0.4 is 0 Å². The second-order valence-corrected chi connectivity index (χ2v) is 3.35. The molecule has 0 atom stereocenters. The van der Waals surface area contributed by atoms with Gasteiger partial charge in [-0.25, -0.2) is 0 Å². The van der Waals surface area contributed by atoms with E-state index < -0.39 is 0 Å². The number of rotatable bonds is 0. The molecule has 0 saturated carbocycles. The standard InChI is InChI=1S/C5H6S2/c1-4-2-5(6)7-3-4/h3H,2H2,1H3. The van der Waals surface area contributed by atoms with Gasteiger partial charge in [0.1, 0.15) is 0 Å². The molecule has 0 nitrogen and oxygen atoms in total. The summed E-state index contributed by atoms with van der Waals surface area (Å²) in [6, 6.07) is 0. The lowest BCUT2D eigenvalue weighted by Gasteiger charge is -1.82. The van der Waals surface area contributed by atoms with Gasteiger partial charge < -0.3 is 0 Å². The van der Waals surface area contributed by atoms with Gasteiger partial charge in [0.25, 0.3) is 0 Å². The molecule has 2 heteroatoms. The Morgan fingerprint density at radius 2 is 2.57 bits per heavy atom. The van der Waals surface area contributed by atoms with Gasteiger partial charge in [0.2, 0.25) is 0 Å². The molecule has 0 aromatic heterocycles. The van der Waals surface area contributed by atoms with Crippen LogP contribution in [-0.4, -0.2) is 4.20 Å².